The zero-order valence-corrected chi connectivity index (χ0v) is 15.5. The third-order valence-corrected chi connectivity index (χ3v) is 5.23. The fourth-order valence-electron chi connectivity index (χ4n) is 2.81. The highest BCUT2D eigenvalue weighted by molar-refractivity contribution is 7.18. The molecule has 0 fully saturated rings. The van der Waals surface area contributed by atoms with Gasteiger partial charge in [0.05, 0.1) is 27.6 Å². The molecule has 4 rings (SSSR count). The molecule has 0 atom stereocenters. The highest BCUT2D eigenvalue weighted by atomic mass is 32.1. The van der Waals surface area contributed by atoms with Crippen LogP contribution < -0.4 is 4.74 Å². The summed E-state index contributed by atoms with van der Waals surface area (Å²) >= 11 is 1.40. The number of halogens is 3. The van der Waals surface area contributed by atoms with Gasteiger partial charge in [0.2, 0.25) is 5.88 Å². The number of nitrogens with zero attached hydrogens (tertiary/aromatic N) is 3. The van der Waals surface area contributed by atoms with Gasteiger partial charge in [-0.3, -0.25) is 4.98 Å². The summed E-state index contributed by atoms with van der Waals surface area (Å²) in [5.74, 6) is 0.475. The summed E-state index contributed by atoms with van der Waals surface area (Å²) in [6.45, 7) is 2.37. The molecule has 0 aliphatic heterocycles. The van der Waals surface area contributed by atoms with Crippen molar-refractivity contribution in [2.24, 2.45) is 0 Å². The van der Waals surface area contributed by atoms with Gasteiger partial charge in [0.1, 0.15) is 5.69 Å². The largest absolute Gasteiger partial charge is 0.476 e. The molecule has 0 N–H and O–H groups in total. The minimum atomic E-state index is -4.40. The molecule has 4 aromatic rings. The molecule has 0 radical (unpaired) electrons. The highest BCUT2D eigenvalue weighted by Gasteiger charge is 2.30. The fraction of sp³-hybridized carbons (Fsp3) is 0.150. The molecule has 0 unspecified atom stereocenters. The molecule has 28 heavy (non-hydrogen) atoms. The topological polar surface area (TPSA) is 47.9 Å². The van der Waals surface area contributed by atoms with Gasteiger partial charge in [0, 0.05) is 17.0 Å². The van der Waals surface area contributed by atoms with Crippen LogP contribution in [0.1, 0.15) is 12.5 Å². The lowest BCUT2D eigenvalue weighted by atomic mass is 10.1. The first-order chi connectivity index (χ1) is 13.5. The molecule has 0 saturated heterocycles. The Hall–Kier alpha value is -3.00. The third-order valence-electron chi connectivity index (χ3n) is 4.12. The quantitative estimate of drug-likeness (QED) is 0.431. The van der Waals surface area contributed by atoms with Crippen LogP contribution in [0.25, 0.3) is 31.9 Å². The van der Waals surface area contributed by atoms with E-state index in [0.29, 0.717) is 23.9 Å². The van der Waals surface area contributed by atoms with Crippen LogP contribution >= 0.6 is 11.3 Å². The number of benzene rings is 1. The standard InChI is InChI=1S/C20H14F3N3OS/c1-2-27-19-14-6-4-3-5-13(14)18(25-26-19)17-10-9-16(28-17)15-8-7-12(11-24-15)20(21,22)23/h3-11H,2H2,1H3. The smallest absolute Gasteiger partial charge is 0.417 e. The minimum absolute atomic E-state index is 0.475. The monoisotopic (exact) mass is 401 g/mol. The Bertz CT molecular complexity index is 1120. The van der Waals surface area contributed by atoms with Crippen molar-refractivity contribution >= 4 is 22.1 Å². The second kappa shape index (κ2) is 7.20. The van der Waals surface area contributed by atoms with Crippen LogP contribution in [0, 0.1) is 0 Å². The van der Waals surface area contributed by atoms with Crippen LogP contribution in [-0.2, 0) is 6.18 Å². The first-order valence-corrected chi connectivity index (χ1v) is 9.31. The second-order valence-electron chi connectivity index (χ2n) is 5.93. The summed E-state index contributed by atoms with van der Waals surface area (Å²) in [5, 5.41) is 10.3. The molecule has 3 heterocycles. The van der Waals surface area contributed by atoms with Gasteiger partial charge in [-0.15, -0.1) is 21.5 Å². The Labute approximate surface area is 162 Å². The third kappa shape index (κ3) is 3.43. The van der Waals surface area contributed by atoms with Gasteiger partial charge in [-0.25, -0.2) is 0 Å². The molecule has 0 aliphatic carbocycles. The molecular formula is C20H14F3N3OS. The van der Waals surface area contributed by atoms with Crippen molar-refractivity contribution in [2.75, 3.05) is 6.61 Å². The SMILES string of the molecule is CCOc1nnc(-c2ccc(-c3ccc(C(F)(F)F)cn3)s2)c2ccccc12. The maximum absolute atomic E-state index is 12.7. The number of fused-ring (bicyclic) bond motifs is 1. The van der Waals surface area contributed by atoms with E-state index in [-0.39, 0.29) is 0 Å². The van der Waals surface area contributed by atoms with E-state index in [1.165, 1.54) is 17.4 Å². The number of thiophene rings is 1. The highest BCUT2D eigenvalue weighted by Crippen LogP contribution is 2.38. The van der Waals surface area contributed by atoms with E-state index >= 15 is 0 Å². The number of hydrogen-bond acceptors (Lipinski definition) is 5. The van der Waals surface area contributed by atoms with Crippen LogP contribution in [0.3, 0.4) is 0 Å². The predicted molar refractivity (Wildman–Crippen MR) is 102 cm³/mol. The normalized spacial score (nSPS) is 11.7. The van der Waals surface area contributed by atoms with Gasteiger partial charge >= 0.3 is 6.18 Å². The number of ether oxygens (including phenoxy) is 1. The zero-order chi connectivity index (χ0) is 19.7. The molecule has 0 spiro atoms. The summed E-state index contributed by atoms with van der Waals surface area (Å²) < 4.78 is 43.7. The maximum atomic E-state index is 12.7. The molecule has 0 amide bonds. The van der Waals surface area contributed by atoms with Crippen LogP contribution in [0.4, 0.5) is 13.2 Å². The van der Waals surface area contributed by atoms with Crippen LogP contribution in [0.15, 0.2) is 54.7 Å². The molecule has 142 valence electrons. The van der Waals surface area contributed by atoms with Crippen molar-refractivity contribution in [3.05, 3.63) is 60.3 Å². The second-order valence-corrected chi connectivity index (χ2v) is 7.01. The van der Waals surface area contributed by atoms with Gasteiger partial charge < -0.3 is 4.74 Å². The van der Waals surface area contributed by atoms with E-state index < -0.39 is 11.7 Å². The Morgan fingerprint density at radius 2 is 1.68 bits per heavy atom. The van der Waals surface area contributed by atoms with Crippen LogP contribution in [0.5, 0.6) is 5.88 Å². The summed E-state index contributed by atoms with van der Waals surface area (Å²) in [7, 11) is 0. The van der Waals surface area contributed by atoms with Crippen molar-refractivity contribution in [1.82, 2.24) is 15.2 Å². The molecule has 0 bridgehead atoms. The summed E-state index contributed by atoms with van der Waals surface area (Å²) in [5.41, 5.74) is 0.408. The fourth-order valence-corrected chi connectivity index (χ4v) is 3.80. The van der Waals surface area contributed by atoms with E-state index in [4.69, 9.17) is 4.74 Å². The summed E-state index contributed by atoms with van der Waals surface area (Å²) in [4.78, 5) is 5.56. The van der Waals surface area contributed by atoms with E-state index in [1.807, 2.05) is 43.3 Å². The molecule has 1 aromatic carbocycles. The van der Waals surface area contributed by atoms with E-state index in [0.717, 1.165) is 32.8 Å². The first kappa shape index (κ1) is 18.4. The molecule has 8 heteroatoms. The molecule has 0 saturated carbocycles. The molecular weight excluding hydrogens is 387 g/mol. The summed E-state index contributed by atoms with van der Waals surface area (Å²) in [6, 6.07) is 13.8. The molecule has 0 aliphatic rings. The first-order valence-electron chi connectivity index (χ1n) is 8.49. The Kier molecular flexibility index (Phi) is 4.72. The lowest BCUT2D eigenvalue weighted by Gasteiger charge is -2.08. The average Bonchev–Trinajstić information content (AvgIpc) is 3.18. The number of rotatable bonds is 4. The Morgan fingerprint density at radius 1 is 0.929 bits per heavy atom. The van der Waals surface area contributed by atoms with Crippen LogP contribution in [-0.4, -0.2) is 21.8 Å². The maximum Gasteiger partial charge on any atom is 0.417 e. The van der Waals surface area contributed by atoms with Crippen molar-refractivity contribution in [1.29, 1.82) is 0 Å². The average molecular weight is 401 g/mol. The van der Waals surface area contributed by atoms with Crippen molar-refractivity contribution in [2.45, 2.75) is 13.1 Å². The van der Waals surface area contributed by atoms with Crippen molar-refractivity contribution in [3.63, 3.8) is 0 Å². The molecule has 4 nitrogen and oxygen atoms in total. The summed E-state index contributed by atoms with van der Waals surface area (Å²) in [6.07, 6.45) is -3.55. The van der Waals surface area contributed by atoms with Crippen molar-refractivity contribution in [3.8, 4) is 27.0 Å². The van der Waals surface area contributed by atoms with Gasteiger partial charge in [-0.2, -0.15) is 13.2 Å². The van der Waals surface area contributed by atoms with Gasteiger partial charge in [0.15, 0.2) is 0 Å². The van der Waals surface area contributed by atoms with E-state index in [1.54, 1.807) is 0 Å². The lowest BCUT2D eigenvalue weighted by molar-refractivity contribution is -0.137. The van der Waals surface area contributed by atoms with Crippen LogP contribution in [0.2, 0.25) is 0 Å². The zero-order valence-electron chi connectivity index (χ0n) is 14.7. The van der Waals surface area contributed by atoms with Gasteiger partial charge in [0.25, 0.3) is 0 Å². The lowest BCUT2D eigenvalue weighted by Crippen LogP contribution is -2.04. The minimum Gasteiger partial charge on any atom is -0.476 e. The van der Waals surface area contributed by atoms with Crippen molar-refractivity contribution < 1.29 is 17.9 Å². The Morgan fingerprint density at radius 3 is 2.36 bits per heavy atom. The van der Waals surface area contributed by atoms with E-state index in [9.17, 15) is 13.2 Å². The van der Waals surface area contributed by atoms with Gasteiger partial charge in [-0.1, -0.05) is 18.2 Å². The predicted octanol–water partition coefficient (Wildman–Crippen LogP) is 5.84. The Balaban J connectivity index is 1.73. The number of alkyl halides is 3. The van der Waals surface area contributed by atoms with Gasteiger partial charge in [-0.05, 0) is 37.3 Å². The molecule has 3 aromatic heterocycles. The number of aromatic nitrogens is 3. The van der Waals surface area contributed by atoms with E-state index in [2.05, 4.69) is 15.2 Å². The number of hydrogen-bond donors (Lipinski definition) is 0. The number of pyridine rings is 1.